The molecule has 3 nitrogen and oxygen atoms in total. The van der Waals surface area contributed by atoms with Crippen LogP contribution in [0.25, 0.3) is 6.08 Å². The number of Topliss-reactive ketones (excluding diaryl/α,β-unsaturated/α-hetero) is 1. The highest BCUT2D eigenvalue weighted by Crippen LogP contribution is 2.31. The Morgan fingerprint density at radius 1 is 0.893 bits per heavy atom. The Morgan fingerprint density at radius 2 is 1.68 bits per heavy atom. The Kier molecular flexibility index (Phi) is 5.24. The third-order valence-electron chi connectivity index (χ3n) is 4.98. The van der Waals surface area contributed by atoms with Crippen LogP contribution in [0.4, 0.5) is 0 Å². The molecule has 3 heteroatoms. The molecule has 0 aliphatic heterocycles. The summed E-state index contributed by atoms with van der Waals surface area (Å²) in [4.78, 5) is 12.8. The zero-order valence-corrected chi connectivity index (χ0v) is 15.9. The fourth-order valence-electron chi connectivity index (χ4n) is 3.49. The summed E-state index contributed by atoms with van der Waals surface area (Å²) in [6, 6.07) is 23.6. The Balaban J connectivity index is 1.58. The van der Waals surface area contributed by atoms with Gasteiger partial charge in [-0.1, -0.05) is 60.7 Å². The van der Waals surface area contributed by atoms with E-state index in [9.17, 15) is 4.79 Å². The molecule has 140 valence electrons. The second kappa shape index (κ2) is 8.13. The topological polar surface area (TPSA) is 35.5 Å². The molecule has 0 aromatic heterocycles. The van der Waals surface area contributed by atoms with E-state index in [1.807, 2.05) is 78.9 Å². The molecule has 0 bridgehead atoms. The quantitative estimate of drug-likeness (QED) is 0.557. The number of hydrogen-bond donors (Lipinski definition) is 0. The zero-order chi connectivity index (χ0) is 19.3. The van der Waals surface area contributed by atoms with Gasteiger partial charge in [-0.25, -0.2) is 0 Å². The minimum absolute atomic E-state index is 0.115. The van der Waals surface area contributed by atoms with Crippen LogP contribution >= 0.6 is 0 Å². The number of allylic oxidation sites excluding steroid dienone is 1. The molecule has 0 unspecified atom stereocenters. The minimum Gasteiger partial charge on any atom is -0.493 e. The van der Waals surface area contributed by atoms with E-state index in [1.54, 1.807) is 7.11 Å². The molecule has 0 radical (unpaired) electrons. The molecule has 1 aliphatic carbocycles. The van der Waals surface area contributed by atoms with Crippen molar-refractivity contribution in [3.8, 4) is 11.5 Å². The smallest absolute Gasteiger partial charge is 0.189 e. The van der Waals surface area contributed by atoms with Crippen molar-refractivity contribution < 1.29 is 14.3 Å². The highest BCUT2D eigenvalue weighted by atomic mass is 16.5. The number of aryl methyl sites for hydroxylation is 1. The van der Waals surface area contributed by atoms with Crippen LogP contribution in [-0.2, 0) is 13.0 Å². The summed E-state index contributed by atoms with van der Waals surface area (Å²) in [5.74, 6) is 1.46. The van der Waals surface area contributed by atoms with Crippen molar-refractivity contribution in [3.63, 3.8) is 0 Å². The number of methoxy groups -OCH3 is 1. The summed E-state index contributed by atoms with van der Waals surface area (Å²) < 4.78 is 11.4. The predicted octanol–water partition coefficient (Wildman–Crippen LogP) is 5.49. The van der Waals surface area contributed by atoms with Crippen LogP contribution in [0.1, 0.15) is 33.5 Å². The van der Waals surface area contributed by atoms with E-state index in [-0.39, 0.29) is 5.78 Å². The highest BCUT2D eigenvalue weighted by Gasteiger charge is 2.21. The average molecular weight is 370 g/mol. The summed E-state index contributed by atoms with van der Waals surface area (Å²) in [5.41, 5.74) is 4.80. The maximum absolute atomic E-state index is 12.8. The highest BCUT2D eigenvalue weighted by molar-refractivity contribution is 6.13. The van der Waals surface area contributed by atoms with Gasteiger partial charge in [0.15, 0.2) is 17.3 Å². The number of ether oxygens (including phenoxy) is 2. The van der Waals surface area contributed by atoms with Crippen molar-refractivity contribution in [1.82, 2.24) is 0 Å². The zero-order valence-electron chi connectivity index (χ0n) is 15.9. The van der Waals surface area contributed by atoms with Gasteiger partial charge in [0.05, 0.1) is 7.11 Å². The van der Waals surface area contributed by atoms with Gasteiger partial charge in [-0.3, -0.25) is 4.79 Å². The van der Waals surface area contributed by atoms with Gasteiger partial charge >= 0.3 is 0 Å². The van der Waals surface area contributed by atoms with E-state index in [0.29, 0.717) is 18.1 Å². The molecular formula is C25H22O3. The number of benzene rings is 3. The molecule has 0 amide bonds. The Bertz CT molecular complexity index is 1020. The molecule has 3 aromatic rings. The van der Waals surface area contributed by atoms with Crippen molar-refractivity contribution in [2.24, 2.45) is 0 Å². The summed E-state index contributed by atoms with van der Waals surface area (Å²) in [7, 11) is 1.63. The molecule has 0 atom stereocenters. The molecule has 3 aromatic carbocycles. The lowest BCUT2D eigenvalue weighted by Crippen LogP contribution is -2.13. The van der Waals surface area contributed by atoms with Crippen LogP contribution in [0, 0.1) is 0 Å². The van der Waals surface area contributed by atoms with E-state index in [4.69, 9.17) is 9.47 Å². The fourth-order valence-corrected chi connectivity index (χ4v) is 3.49. The second-order valence-corrected chi connectivity index (χ2v) is 6.84. The van der Waals surface area contributed by atoms with Crippen molar-refractivity contribution >= 4 is 11.9 Å². The molecule has 0 spiro atoms. The van der Waals surface area contributed by atoms with Crippen LogP contribution < -0.4 is 9.47 Å². The van der Waals surface area contributed by atoms with Gasteiger partial charge in [0.2, 0.25) is 0 Å². The van der Waals surface area contributed by atoms with Gasteiger partial charge in [-0.2, -0.15) is 0 Å². The number of ketones is 1. The van der Waals surface area contributed by atoms with Crippen LogP contribution in [0.3, 0.4) is 0 Å². The van der Waals surface area contributed by atoms with Crippen molar-refractivity contribution in [2.45, 2.75) is 19.4 Å². The normalized spacial score (nSPS) is 14.6. The summed E-state index contributed by atoms with van der Waals surface area (Å²) >= 11 is 0. The van der Waals surface area contributed by atoms with Crippen molar-refractivity contribution in [3.05, 3.63) is 101 Å². The number of carbonyl (C=O) groups excluding carboxylic acids is 1. The maximum Gasteiger partial charge on any atom is 0.189 e. The molecular weight excluding hydrogens is 348 g/mol. The van der Waals surface area contributed by atoms with Crippen LogP contribution in [0.2, 0.25) is 0 Å². The predicted molar refractivity (Wildman–Crippen MR) is 111 cm³/mol. The molecule has 0 saturated carbocycles. The first kappa shape index (κ1) is 18.1. The number of fused-ring (bicyclic) bond motifs is 1. The average Bonchev–Trinajstić information content (AvgIpc) is 2.75. The SMILES string of the molecule is COc1ccc(C=C2CCc3ccccc3C2=O)cc1OCc1ccccc1. The first-order chi connectivity index (χ1) is 13.7. The lowest BCUT2D eigenvalue weighted by Gasteiger charge is -2.17. The van der Waals surface area contributed by atoms with Gasteiger partial charge in [0, 0.05) is 11.1 Å². The maximum atomic E-state index is 12.8. The third kappa shape index (κ3) is 3.84. The summed E-state index contributed by atoms with van der Waals surface area (Å²) in [5, 5.41) is 0. The Hall–Kier alpha value is -3.33. The van der Waals surface area contributed by atoms with E-state index >= 15 is 0 Å². The first-order valence-corrected chi connectivity index (χ1v) is 9.42. The van der Waals surface area contributed by atoms with Crippen LogP contribution in [0.5, 0.6) is 11.5 Å². The van der Waals surface area contributed by atoms with Crippen LogP contribution in [-0.4, -0.2) is 12.9 Å². The fraction of sp³-hybridized carbons (Fsp3) is 0.160. The number of hydrogen-bond acceptors (Lipinski definition) is 3. The van der Waals surface area contributed by atoms with Crippen molar-refractivity contribution in [2.75, 3.05) is 7.11 Å². The van der Waals surface area contributed by atoms with Gasteiger partial charge in [0.1, 0.15) is 6.61 Å². The number of carbonyl (C=O) groups is 1. The first-order valence-electron chi connectivity index (χ1n) is 9.42. The van der Waals surface area contributed by atoms with Gasteiger partial charge in [0.25, 0.3) is 0 Å². The molecule has 0 heterocycles. The van der Waals surface area contributed by atoms with E-state index in [0.717, 1.165) is 40.7 Å². The lowest BCUT2D eigenvalue weighted by molar-refractivity contribution is 0.102. The molecule has 4 rings (SSSR count). The minimum atomic E-state index is 0.115. The summed E-state index contributed by atoms with van der Waals surface area (Å²) in [6.45, 7) is 0.462. The van der Waals surface area contributed by atoms with Gasteiger partial charge in [-0.05, 0) is 47.7 Å². The van der Waals surface area contributed by atoms with Gasteiger partial charge in [-0.15, -0.1) is 0 Å². The Morgan fingerprint density at radius 3 is 2.50 bits per heavy atom. The van der Waals surface area contributed by atoms with Gasteiger partial charge < -0.3 is 9.47 Å². The van der Waals surface area contributed by atoms with Crippen molar-refractivity contribution in [1.29, 1.82) is 0 Å². The monoisotopic (exact) mass is 370 g/mol. The Labute approximate surface area is 165 Å². The molecule has 1 aliphatic rings. The molecule has 0 N–H and O–H groups in total. The number of rotatable bonds is 5. The standard InChI is InChI=1S/C25H22O3/c1-27-23-14-11-19(16-24(23)28-17-18-7-3-2-4-8-18)15-21-13-12-20-9-5-6-10-22(20)25(21)26/h2-11,14-16H,12-13,17H2,1H3. The lowest BCUT2D eigenvalue weighted by atomic mass is 9.86. The second-order valence-electron chi connectivity index (χ2n) is 6.84. The molecule has 0 fully saturated rings. The van der Waals surface area contributed by atoms with E-state index in [1.165, 1.54) is 0 Å². The van der Waals surface area contributed by atoms with E-state index < -0.39 is 0 Å². The van der Waals surface area contributed by atoms with E-state index in [2.05, 4.69) is 0 Å². The van der Waals surface area contributed by atoms with Crippen LogP contribution in [0.15, 0.2) is 78.4 Å². The molecule has 28 heavy (non-hydrogen) atoms. The summed E-state index contributed by atoms with van der Waals surface area (Å²) in [6.07, 6.45) is 3.61. The largest absolute Gasteiger partial charge is 0.493 e. The third-order valence-corrected chi connectivity index (χ3v) is 4.98. The molecule has 0 saturated heterocycles.